The standard InChI is InChI=1S/C13H17BrN2O4/c1-8-5-9(14)3-4-10(8)16-12(19)15-7-13(2,20)6-11(17)18/h3-5,20H,6-7H2,1-2H3,(H,17,18)(H2,15,16,19). The molecule has 7 heteroatoms. The number of aryl methyl sites for hydroxylation is 1. The Kier molecular flexibility index (Phi) is 5.52. The molecule has 0 bridgehead atoms. The van der Waals surface area contributed by atoms with Crippen LogP contribution in [0.3, 0.4) is 0 Å². The van der Waals surface area contributed by atoms with Gasteiger partial charge in [0.1, 0.15) is 0 Å². The Hall–Kier alpha value is -1.60. The van der Waals surface area contributed by atoms with Gasteiger partial charge in [-0.25, -0.2) is 4.79 Å². The zero-order chi connectivity index (χ0) is 15.3. The zero-order valence-corrected chi connectivity index (χ0v) is 12.8. The largest absolute Gasteiger partial charge is 0.481 e. The number of carbonyl (C=O) groups is 2. The van der Waals surface area contributed by atoms with Crippen LogP contribution in [0.25, 0.3) is 0 Å². The minimum atomic E-state index is -1.49. The lowest BCUT2D eigenvalue weighted by Crippen LogP contribution is -2.43. The maximum atomic E-state index is 11.7. The van der Waals surface area contributed by atoms with Gasteiger partial charge in [0, 0.05) is 16.7 Å². The number of rotatable bonds is 5. The summed E-state index contributed by atoms with van der Waals surface area (Å²) < 4.78 is 0.908. The van der Waals surface area contributed by atoms with Crippen LogP contribution in [0.4, 0.5) is 10.5 Å². The summed E-state index contributed by atoms with van der Waals surface area (Å²) in [7, 11) is 0. The topological polar surface area (TPSA) is 98.7 Å². The fourth-order valence-electron chi connectivity index (χ4n) is 1.59. The van der Waals surface area contributed by atoms with Gasteiger partial charge in [-0.05, 0) is 37.6 Å². The zero-order valence-electron chi connectivity index (χ0n) is 11.2. The number of carboxylic acid groups (broad SMARTS) is 1. The van der Waals surface area contributed by atoms with E-state index in [2.05, 4.69) is 26.6 Å². The van der Waals surface area contributed by atoms with E-state index in [4.69, 9.17) is 5.11 Å². The van der Waals surface area contributed by atoms with Crippen LogP contribution in [0, 0.1) is 6.92 Å². The molecule has 0 heterocycles. The van der Waals surface area contributed by atoms with E-state index >= 15 is 0 Å². The number of aliphatic hydroxyl groups is 1. The number of hydrogen-bond donors (Lipinski definition) is 4. The number of carbonyl (C=O) groups excluding carboxylic acids is 1. The lowest BCUT2D eigenvalue weighted by molar-refractivity contribution is -0.141. The number of amides is 2. The Balaban J connectivity index is 2.54. The van der Waals surface area contributed by atoms with Gasteiger partial charge in [-0.2, -0.15) is 0 Å². The van der Waals surface area contributed by atoms with Gasteiger partial charge in [0.15, 0.2) is 0 Å². The highest BCUT2D eigenvalue weighted by Gasteiger charge is 2.24. The van der Waals surface area contributed by atoms with E-state index in [1.807, 2.05) is 13.0 Å². The van der Waals surface area contributed by atoms with Crippen molar-refractivity contribution in [1.29, 1.82) is 0 Å². The van der Waals surface area contributed by atoms with Crippen molar-refractivity contribution in [2.24, 2.45) is 0 Å². The van der Waals surface area contributed by atoms with Gasteiger partial charge in [-0.15, -0.1) is 0 Å². The summed E-state index contributed by atoms with van der Waals surface area (Å²) in [5.41, 5.74) is 0.0354. The Labute approximate surface area is 125 Å². The van der Waals surface area contributed by atoms with E-state index in [9.17, 15) is 14.7 Å². The van der Waals surface area contributed by atoms with Crippen LogP contribution >= 0.6 is 15.9 Å². The summed E-state index contributed by atoms with van der Waals surface area (Å²) in [4.78, 5) is 22.2. The van der Waals surface area contributed by atoms with E-state index in [0.717, 1.165) is 10.0 Å². The maximum Gasteiger partial charge on any atom is 0.319 e. The maximum absolute atomic E-state index is 11.7. The number of carboxylic acids is 1. The second kappa shape index (κ2) is 6.71. The first-order valence-electron chi connectivity index (χ1n) is 5.95. The Morgan fingerprint density at radius 2 is 2.05 bits per heavy atom. The van der Waals surface area contributed by atoms with Gasteiger partial charge in [0.05, 0.1) is 12.0 Å². The molecule has 4 N–H and O–H groups in total. The second-order valence-corrected chi connectivity index (χ2v) is 5.75. The number of halogens is 1. The number of urea groups is 1. The minimum absolute atomic E-state index is 0.152. The fraction of sp³-hybridized carbons (Fsp3) is 0.385. The highest BCUT2D eigenvalue weighted by Crippen LogP contribution is 2.19. The van der Waals surface area contributed by atoms with Crippen molar-refractivity contribution in [3.63, 3.8) is 0 Å². The van der Waals surface area contributed by atoms with Crippen molar-refractivity contribution in [3.05, 3.63) is 28.2 Å². The summed E-state index contributed by atoms with van der Waals surface area (Å²) in [6.07, 6.45) is -0.440. The predicted octanol–water partition coefficient (Wildman–Crippen LogP) is 2.10. The molecule has 0 aliphatic carbocycles. The van der Waals surface area contributed by atoms with Crippen molar-refractivity contribution in [2.45, 2.75) is 25.9 Å². The Bertz CT molecular complexity index is 517. The van der Waals surface area contributed by atoms with Crippen LogP contribution in [0.5, 0.6) is 0 Å². The van der Waals surface area contributed by atoms with Gasteiger partial charge in [0.25, 0.3) is 0 Å². The monoisotopic (exact) mass is 344 g/mol. The quantitative estimate of drug-likeness (QED) is 0.657. The molecular formula is C13H17BrN2O4. The molecule has 1 aromatic rings. The van der Waals surface area contributed by atoms with Crippen LogP contribution in [0.15, 0.2) is 22.7 Å². The number of aliphatic carboxylic acids is 1. The normalized spacial score (nSPS) is 13.4. The number of hydrogen-bond acceptors (Lipinski definition) is 3. The number of nitrogens with one attached hydrogen (secondary N) is 2. The third kappa shape index (κ3) is 5.58. The lowest BCUT2D eigenvalue weighted by atomic mass is 10.0. The SMILES string of the molecule is Cc1cc(Br)ccc1NC(=O)NCC(C)(O)CC(=O)O. The molecule has 0 aliphatic rings. The average molecular weight is 345 g/mol. The van der Waals surface area contributed by atoms with E-state index < -0.39 is 24.0 Å². The van der Waals surface area contributed by atoms with Crippen LogP contribution in [0.1, 0.15) is 18.9 Å². The molecule has 6 nitrogen and oxygen atoms in total. The molecule has 1 rings (SSSR count). The molecule has 20 heavy (non-hydrogen) atoms. The summed E-state index contributed by atoms with van der Waals surface area (Å²) in [6.45, 7) is 3.05. The van der Waals surface area contributed by atoms with E-state index in [-0.39, 0.29) is 6.54 Å². The molecule has 1 atom stereocenters. The molecular weight excluding hydrogens is 328 g/mol. The van der Waals surface area contributed by atoms with Gasteiger partial charge in [-0.1, -0.05) is 15.9 Å². The summed E-state index contributed by atoms with van der Waals surface area (Å²) >= 11 is 3.33. The minimum Gasteiger partial charge on any atom is -0.481 e. The molecule has 0 aromatic heterocycles. The van der Waals surface area contributed by atoms with E-state index in [1.165, 1.54) is 6.92 Å². The van der Waals surface area contributed by atoms with Gasteiger partial charge in [-0.3, -0.25) is 4.79 Å². The molecule has 2 amide bonds. The Morgan fingerprint density at radius 3 is 2.60 bits per heavy atom. The van der Waals surface area contributed by atoms with Crippen molar-refractivity contribution < 1.29 is 19.8 Å². The van der Waals surface area contributed by atoms with Gasteiger partial charge < -0.3 is 20.8 Å². The van der Waals surface area contributed by atoms with Crippen LogP contribution in [-0.4, -0.2) is 34.4 Å². The predicted molar refractivity (Wildman–Crippen MR) is 78.8 cm³/mol. The van der Waals surface area contributed by atoms with Crippen molar-refractivity contribution in [3.8, 4) is 0 Å². The van der Waals surface area contributed by atoms with Crippen molar-refractivity contribution >= 4 is 33.6 Å². The van der Waals surface area contributed by atoms with Crippen LogP contribution in [-0.2, 0) is 4.79 Å². The molecule has 0 saturated carbocycles. The van der Waals surface area contributed by atoms with Gasteiger partial charge in [0.2, 0.25) is 0 Å². The van der Waals surface area contributed by atoms with E-state index in [1.54, 1.807) is 12.1 Å². The molecule has 0 aliphatic heterocycles. The molecule has 0 radical (unpaired) electrons. The lowest BCUT2D eigenvalue weighted by Gasteiger charge is -2.21. The van der Waals surface area contributed by atoms with Crippen molar-refractivity contribution in [2.75, 3.05) is 11.9 Å². The van der Waals surface area contributed by atoms with Crippen molar-refractivity contribution in [1.82, 2.24) is 5.32 Å². The van der Waals surface area contributed by atoms with Crippen LogP contribution < -0.4 is 10.6 Å². The average Bonchev–Trinajstić information content (AvgIpc) is 2.29. The summed E-state index contributed by atoms with van der Waals surface area (Å²) in [5.74, 6) is -1.12. The first-order valence-corrected chi connectivity index (χ1v) is 6.74. The third-order valence-electron chi connectivity index (χ3n) is 2.60. The Morgan fingerprint density at radius 1 is 1.40 bits per heavy atom. The van der Waals surface area contributed by atoms with Gasteiger partial charge >= 0.3 is 12.0 Å². The molecule has 110 valence electrons. The third-order valence-corrected chi connectivity index (χ3v) is 3.09. The first-order chi connectivity index (χ1) is 9.19. The highest BCUT2D eigenvalue weighted by atomic mass is 79.9. The summed E-state index contributed by atoms with van der Waals surface area (Å²) in [5, 5.41) is 23.5. The molecule has 1 unspecified atom stereocenters. The fourth-order valence-corrected chi connectivity index (χ4v) is 2.07. The smallest absolute Gasteiger partial charge is 0.319 e. The van der Waals surface area contributed by atoms with Crippen LogP contribution in [0.2, 0.25) is 0 Å². The first kappa shape index (κ1) is 16.5. The molecule has 1 aromatic carbocycles. The molecule has 0 spiro atoms. The highest BCUT2D eigenvalue weighted by molar-refractivity contribution is 9.10. The number of anilines is 1. The molecule has 0 fully saturated rings. The molecule has 0 saturated heterocycles. The van der Waals surface area contributed by atoms with E-state index in [0.29, 0.717) is 5.69 Å². The summed E-state index contributed by atoms with van der Waals surface area (Å²) in [6, 6.07) is 4.90. The number of benzene rings is 1. The second-order valence-electron chi connectivity index (χ2n) is 4.83.